The van der Waals surface area contributed by atoms with Crippen LogP contribution in [0, 0.1) is 0 Å². The van der Waals surface area contributed by atoms with Crippen LogP contribution in [0.5, 0.6) is 0 Å². The molecular weight excluding hydrogens is 336 g/mol. The van der Waals surface area contributed by atoms with Crippen LogP contribution in [0.15, 0.2) is 66.2 Å². The number of allylic oxidation sites excluding steroid dienone is 2. The van der Waals surface area contributed by atoms with Gasteiger partial charge in [0.05, 0.1) is 12.5 Å². The molecule has 3 rings (SSSR count). The molecule has 1 aliphatic carbocycles. The van der Waals surface area contributed by atoms with Gasteiger partial charge in [-0.3, -0.25) is 9.59 Å². The number of Topliss-reactive ketones (excluding diaryl/α,β-unsaturated/α-hetero) is 1. The Morgan fingerprint density at radius 3 is 2.33 bits per heavy atom. The third-order valence-electron chi connectivity index (χ3n) is 5.07. The minimum absolute atomic E-state index is 0.0959. The molecular formula is C24H26O3. The van der Waals surface area contributed by atoms with Crippen molar-refractivity contribution in [3.63, 3.8) is 0 Å². The van der Waals surface area contributed by atoms with Crippen LogP contribution in [-0.4, -0.2) is 18.4 Å². The van der Waals surface area contributed by atoms with Crippen molar-refractivity contribution in [3.05, 3.63) is 77.4 Å². The molecule has 0 spiro atoms. The second-order valence-electron chi connectivity index (χ2n) is 6.87. The number of hydrogen-bond acceptors (Lipinski definition) is 3. The Bertz CT molecular complexity index is 806. The van der Waals surface area contributed by atoms with Crippen LogP contribution in [0.2, 0.25) is 0 Å². The first kappa shape index (κ1) is 19.1. The Labute approximate surface area is 161 Å². The molecule has 2 aromatic carbocycles. The van der Waals surface area contributed by atoms with Gasteiger partial charge in [0.25, 0.3) is 0 Å². The highest BCUT2D eigenvalue weighted by molar-refractivity contribution is 6.11. The molecule has 0 saturated carbocycles. The van der Waals surface area contributed by atoms with Crippen molar-refractivity contribution in [1.82, 2.24) is 0 Å². The Kier molecular flexibility index (Phi) is 6.59. The molecule has 2 aromatic rings. The number of esters is 1. The lowest BCUT2D eigenvalue weighted by atomic mass is 9.93. The summed E-state index contributed by atoms with van der Waals surface area (Å²) in [7, 11) is 0. The molecule has 0 heterocycles. The van der Waals surface area contributed by atoms with Gasteiger partial charge in [0.15, 0.2) is 5.78 Å². The highest BCUT2D eigenvalue weighted by atomic mass is 16.5. The maximum atomic E-state index is 13.2. The molecule has 3 heteroatoms. The van der Waals surface area contributed by atoms with Gasteiger partial charge < -0.3 is 4.74 Å². The quantitative estimate of drug-likeness (QED) is 0.471. The van der Waals surface area contributed by atoms with Crippen molar-refractivity contribution >= 4 is 17.3 Å². The maximum absolute atomic E-state index is 13.2. The molecule has 0 aliphatic heterocycles. The standard InChI is InChI=1S/C24H26O3/c1-2-27-23(25)16-10-9-15-20-21(18-11-5-3-6-12-18)17-22(24(20)26)19-13-7-4-8-14-19/h3-8,11-14,22H,2,9-10,15-17H2,1H3. The molecule has 0 saturated heterocycles. The lowest BCUT2D eigenvalue weighted by Crippen LogP contribution is -2.09. The zero-order valence-electron chi connectivity index (χ0n) is 15.8. The second kappa shape index (κ2) is 9.31. The Balaban J connectivity index is 1.75. The van der Waals surface area contributed by atoms with Crippen molar-refractivity contribution in [2.45, 2.75) is 44.9 Å². The number of benzene rings is 2. The summed E-state index contributed by atoms with van der Waals surface area (Å²) in [5.41, 5.74) is 4.30. The van der Waals surface area contributed by atoms with E-state index >= 15 is 0 Å². The minimum Gasteiger partial charge on any atom is -0.466 e. The first-order valence-electron chi connectivity index (χ1n) is 9.73. The van der Waals surface area contributed by atoms with Crippen LogP contribution in [-0.2, 0) is 14.3 Å². The van der Waals surface area contributed by atoms with Gasteiger partial charge in [-0.25, -0.2) is 0 Å². The summed E-state index contributed by atoms with van der Waals surface area (Å²) in [5.74, 6) is -0.0210. The van der Waals surface area contributed by atoms with Crippen molar-refractivity contribution in [2.24, 2.45) is 0 Å². The molecule has 0 aromatic heterocycles. The Morgan fingerprint density at radius 1 is 1.00 bits per heavy atom. The summed E-state index contributed by atoms with van der Waals surface area (Å²) in [5, 5.41) is 0. The van der Waals surface area contributed by atoms with Crippen LogP contribution in [0.1, 0.15) is 56.1 Å². The molecule has 3 nitrogen and oxygen atoms in total. The summed E-state index contributed by atoms with van der Waals surface area (Å²) in [4.78, 5) is 24.7. The third kappa shape index (κ3) is 4.73. The monoisotopic (exact) mass is 362 g/mol. The average Bonchev–Trinajstić information content (AvgIpc) is 3.03. The van der Waals surface area contributed by atoms with E-state index in [-0.39, 0.29) is 17.7 Å². The third-order valence-corrected chi connectivity index (χ3v) is 5.07. The van der Waals surface area contributed by atoms with Gasteiger partial charge in [0.2, 0.25) is 0 Å². The van der Waals surface area contributed by atoms with E-state index in [0.29, 0.717) is 19.4 Å². The number of hydrogen-bond donors (Lipinski definition) is 0. The van der Waals surface area contributed by atoms with E-state index in [4.69, 9.17) is 4.74 Å². The van der Waals surface area contributed by atoms with E-state index in [9.17, 15) is 9.59 Å². The molecule has 0 N–H and O–H groups in total. The predicted molar refractivity (Wildman–Crippen MR) is 107 cm³/mol. The topological polar surface area (TPSA) is 43.4 Å². The summed E-state index contributed by atoms with van der Waals surface area (Å²) in [6.45, 7) is 2.23. The van der Waals surface area contributed by atoms with Gasteiger partial charge >= 0.3 is 5.97 Å². The molecule has 140 valence electrons. The van der Waals surface area contributed by atoms with Crippen LogP contribution < -0.4 is 0 Å². The van der Waals surface area contributed by atoms with Gasteiger partial charge in [-0.05, 0) is 54.9 Å². The van der Waals surface area contributed by atoms with Crippen LogP contribution in [0.25, 0.3) is 5.57 Å². The fourth-order valence-corrected chi connectivity index (χ4v) is 3.74. The molecule has 0 amide bonds. The summed E-state index contributed by atoms with van der Waals surface area (Å²) in [6.07, 6.45) is 3.44. The second-order valence-corrected chi connectivity index (χ2v) is 6.87. The molecule has 1 atom stereocenters. The summed E-state index contributed by atoms with van der Waals surface area (Å²) < 4.78 is 4.98. The maximum Gasteiger partial charge on any atom is 0.305 e. The SMILES string of the molecule is CCOC(=O)CCCCC1=C(c2ccccc2)CC(c2ccccc2)C1=O. The van der Waals surface area contributed by atoms with E-state index in [1.165, 1.54) is 0 Å². The van der Waals surface area contributed by atoms with Crippen molar-refractivity contribution in [2.75, 3.05) is 6.61 Å². The predicted octanol–water partition coefficient (Wildman–Crippen LogP) is 5.32. The van der Waals surface area contributed by atoms with E-state index in [0.717, 1.165) is 41.5 Å². The lowest BCUT2D eigenvalue weighted by Gasteiger charge is -2.09. The van der Waals surface area contributed by atoms with Crippen molar-refractivity contribution < 1.29 is 14.3 Å². The number of rotatable bonds is 8. The molecule has 1 unspecified atom stereocenters. The molecule has 0 fully saturated rings. The molecule has 27 heavy (non-hydrogen) atoms. The first-order chi connectivity index (χ1) is 13.2. The number of carbonyl (C=O) groups is 2. The molecule has 0 bridgehead atoms. The van der Waals surface area contributed by atoms with Gasteiger partial charge in [-0.1, -0.05) is 60.7 Å². The lowest BCUT2D eigenvalue weighted by molar-refractivity contribution is -0.143. The largest absolute Gasteiger partial charge is 0.466 e. The highest BCUT2D eigenvalue weighted by Gasteiger charge is 2.33. The van der Waals surface area contributed by atoms with E-state index < -0.39 is 0 Å². The number of ketones is 1. The van der Waals surface area contributed by atoms with Gasteiger partial charge in [-0.15, -0.1) is 0 Å². The number of unbranched alkanes of at least 4 members (excludes halogenated alkanes) is 1. The van der Waals surface area contributed by atoms with Gasteiger partial charge in [-0.2, -0.15) is 0 Å². The highest BCUT2D eigenvalue weighted by Crippen LogP contribution is 2.42. The zero-order valence-corrected chi connectivity index (χ0v) is 15.8. The Morgan fingerprint density at radius 2 is 1.67 bits per heavy atom. The van der Waals surface area contributed by atoms with Gasteiger partial charge in [0.1, 0.15) is 0 Å². The minimum atomic E-state index is -0.158. The summed E-state index contributed by atoms with van der Waals surface area (Å²) in [6, 6.07) is 20.2. The average molecular weight is 362 g/mol. The van der Waals surface area contributed by atoms with Crippen LogP contribution in [0.3, 0.4) is 0 Å². The zero-order chi connectivity index (χ0) is 19.1. The van der Waals surface area contributed by atoms with Crippen molar-refractivity contribution in [1.29, 1.82) is 0 Å². The molecule has 1 aliphatic rings. The molecule has 0 radical (unpaired) electrons. The van der Waals surface area contributed by atoms with E-state index in [2.05, 4.69) is 12.1 Å². The van der Waals surface area contributed by atoms with Crippen molar-refractivity contribution in [3.8, 4) is 0 Å². The Hall–Kier alpha value is -2.68. The van der Waals surface area contributed by atoms with Gasteiger partial charge in [0, 0.05) is 6.42 Å². The number of carbonyl (C=O) groups excluding carboxylic acids is 2. The van der Waals surface area contributed by atoms with E-state index in [1.807, 2.05) is 55.5 Å². The summed E-state index contributed by atoms with van der Waals surface area (Å²) >= 11 is 0. The fraction of sp³-hybridized carbons (Fsp3) is 0.333. The normalized spacial score (nSPS) is 16.6. The fourth-order valence-electron chi connectivity index (χ4n) is 3.74. The first-order valence-corrected chi connectivity index (χ1v) is 9.73. The van der Waals surface area contributed by atoms with Crippen LogP contribution in [0.4, 0.5) is 0 Å². The van der Waals surface area contributed by atoms with Crippen LogP contribution >= 0.6 is 0 Å². The smallest absolute Gasteiger partial charge is 0.305 e. The number of ether oxygens (including phenoxy) is 1. The van der Waals surface area contributed by atoms with E-state index in [1.54, 1.807) is 0 Å².